The molecule has 2 aromatic rings. The molecule has 1 N–H and O–H groups in total. The third-order valence-electron chi connectivity index (χ3n) is 5.32. The molecule has 4 rings (SSSR count). The number of sulfonamides is 1. The molecule has 1 amide bonds. The zero-order valence-corrected chi connectivity index (χ0v) is 16.4. The minimum Gasteiger partial charge on any atom is -0.335 e. The van der Waals surface area contributed by atoms with Crippen LogP contribution in [0.2, 0.25) is 0 Å². The fraction of sp³-hybridized carbons (Fsp3) is 0.474. The number of hydrogen-bond donors (Lipinski definition) is 1. The van der Waals surface area contributed by atoms with Gasteiger partial charge in [0.2, 0.25) is 15.9 Å². The van der Waals surface area contributed by atoms with Crippen LogP contribution < -0.4 is 9.62 Å². The number of hydrogen-bond acceptors (Lipinski definition) is 4. The SMILES string of the molecule is CC(=O)N1c2ccc(S(=O)(=O)NCc3cn4c(n3)CCCC4)cc2CC1C. The quantitative estimate of drug-likeness (QED) is 0.868. The molecule has 0 spiro atoms. The van der Waals surface area contributed by atoms with E-state index < -0.39 is 10.0 Å². The van der Waals surface area contributed by atoms with Crippen molar-refractivity contribution in [2.75, 3.05) is 4.90 Å². The van der Waals surface area contributed by atoms with Gasteiger partial charge in [-0.05, 0) is 49.9 Å². The van der Waals surface area contributed by atoms with Crippen LogP contribution >= 0.6 is 0 Å². The number of rotatable bonds is 4. The Balaban J connectivity index is 1.52. The van der Waals surface area contributed by atoms with E-state index in [1.165, 1.54) is 6.92 Å². The van der Waals surface area contributed by atoms with Crippen LogP contribution in [0.3, 0.4) is 0 Å². The number of nitrogens with one attached hydrogen (secondary N) is 1. The summed E-state index contributed by atoms with van der Waals surface area (Å²) in [5.41, 5.74) is 2.43. The van der Waals surface area contributed by atoms with E-state index in [9.17, 15) is 13.2 Å². The van der Waals surface area contributed by atoms with Crippen molar-refractivity contribution in [1.29, 1.82) is 0 Å². The van der Waals surface area contributed by atoms with Crippen molar-refractivity contribution >= 4 is 21.6 Å². The number of benzene rings is 1. The predicted molar refractivity (Wildman–Crippen MR) is 102 cm³/mol. The number of anilines is 1. The Bertz CT molecular complexity index is 973. The number of fused-ring (bicyclic) bond motifs is 2. The highest BCUT2D eigenvalue weighted by atomic mass is 32.2. The topological polar surface area (TPSA) is 84.3 Å². The van der Waals surface area contributed by atoms with E-state index in [0.717, 1.165) is 48.6 Å². The number of aryl methyl sites for hydroxylation is 2. The zero-order chi connectivity index (χ0) is 19.2. The molecule has 3 heterocycles. The summed E-state index contributed by atoms with van der Waals surface area (Å²) in [6.45, 7) is 4.62. The standard InChI is InChI=1S/C19H24N4O3S/c1-13-9-15-10-17(6-7-18(15)23(13)14(2)24)27(25,26)20-11-16-12-22-8-4-3-5-19(22)21-16/h6-7,10,12-13,20H,3-5,8-9,11H2,1-2H3. The Morgan fingerprint density at radius 1 is 1.33 bits per heavy atom. The minimum absolute atomic E-state index is 0.0290. The van der Waals surface area contributed by atoms with Crippen molar-refractivity contribution in [3.8, 4) is 0 Å². The van der Waals surface area contributed by atoms with Crippen LogP contribution in [0, 0.1) is 0 Å². The lowest BCUT2D eigenvalue weighted by Crippen LogP contribution is -2.33. The van der Waals surface area contributed by atoms with Gasteiger partial charge < -0.3 is 9.47 Å². The second-order valence-corrected chi connectivity index (χ2v) is 9.12. The maximum atomic E-state index is 12.7. The highest BCUT2D eigenvalue weighted by Gasteiger charge is 2.30. The van der Waals surface area contributed by atoms with Crippen molar-refractivity contribution in [1.82, 2.24) is 14.3 Å². The Morgan fingerprint density at radius 2 is 2.15 bits per heavy atom. The van der Waals surface area contributed by atoms with E-state index in [0.29, 0.717) is 6.42 Å². The summed E-state index contributed by atoms with van der Waals surface area (Å²) in [4.78, 5) is 18.3. The summed E-state index contributed by atoms with van der Waals surface area (Å²) in [6.07, 6.45) is 5.81. The molecule has 0 fully saturated rings. The summed E-state index contributed by atoms with van der Waals surface area (Å²) in [7, 11) is -3.64. The van der Waals surface area contributed by atoms with Crippen molar-refractivity contribution in [3.63, 3.8) is 0 Å². The van der Waals surface area contributed by atoms with Crippen molar-refractivity contribution in [2.45, 2.75) is 63.6 Å². The molecule has 2 aliphatic rings. The van der Waals surface area contributed by atoms with Crippen LogP contribution in [0.4, 0.5) is 5.69 Å². The summed E-state index contributed by atoms with van der Waals surface area (Å²) in [5.74, 6) is 1.00. The Hall–Kier alpha value is -2.19. The third kappa shape index (κ3) is 3.39. The molecule has 2 aliphatic heterocycles. The van der Waals surface area contributed by atoms with Gasteiger partial charge in [-0.1, -0.05) is 0 Å². The summed E-state index contributed by atoms with van der Waals surface area (Å²) < 4.78 is 30.2. The number of nitrogens with zero attached hydrogens (tertiary/aromatic N) is 3. The highest BCUT2D eigenvalue weighted by Crippen LogP contribution is 2.33. The lowest BCUT2D eigenvalue weighted by atomic mass is 10.1. The Morgan fingerprint density at radius 3 is 2.89 bits per heavy atom. The van der Waals surface area contributed by atoms with Crippen LogP contribution in [0.25, 0.3) is 0 Å². The monoisotopic (exact) mass is 388 g/mol. The van der Waals surface area contributed by atoms with E-state index in [4.69, 9.17) is 0 Å². The zero-order valence-electron chi connectivity index (χ0n) is 15.6. The van der Waals surface area contributed by atoms with Gasteiger partial charge in [0.15, 0.2) is 0 Å². The fourth-order valence-electron chi connectivity index (χ4n) is 4.06. The first kappa shape index (κ1) is 18.2. The molecule has 0 saturated carbocycles. The molecule has 1 atom stereocenters. The van der Waals surface area contributed by atoms with Gasteiger partial charge in [-0.2, -0.15) is 0 Å². The molecule has 0 bridgehead atoms. The average molecular weight is 388 g/mol. The molecule has 1 unspecified atom stereocenters. The summed E-state index contributed by atoms with van der Waals surface area (Å²) in [6, 6.07) is 5.01. The number of imidazole rings is 1. The van der Waals surface area contributed by atoms with Gasteiger partial charge in [0.05, 0.1) is 17.1 Å². The van der Waals surface area contributed by atoms with Gasteiger partial charge in [-0.3, -0.25) is 4.79 Å². The molecule has 0 saturated heterocycles. The van der Waals surface area contributed by atoms with Crippen molar-refractivity contribution in [2.24, 2.45) is 0 Å². The lowest BCUT2D eigenvalue weighted by molar-refractivity contribution is -0.116. The van der Waals surface area contributed by atoms with Gasteiger partial charge in [-0.25, -0.2) is 18.1 Å². The van der Waals surface area contributed by atoms with Crippen LogP contribution in [-0.2, 0) is 40.7 Å². The van der Waals surface area contributed by atoms with E-state index in [-0.39, 0.29) is 23.4 Å². The Kier molecular flexibility index (Phi) is 4.55. The van der Waals surface area contributed by atoms with Crippen LogP contribution in [0.15, 0.2) is 29.3 Å². The first-order valence-corrected chi connectivity index (χ1v) is 10.8. The molecule has 8 heteroatoms. The average Bonchev–Trinajstić information content (AvgIpc) is 3.18. The summed E-state index contributed by atoms with van der Waals surface area (Å²) >= 11 is 0. The van der Waals surface area contributed by atoms with Crippen LogP contribution in [0.1, 0.15) is 43.8 Å². The second kappa shape index (κ2) is 6.76. The summed E-state index contributed by atoms with van der Waals surface area (Å²) in [5, 5.41) is 0. The van der Waals surface area contributed by atoms with E-state index in [1.807, 2.05) is 13.1 Å². The van der Waals surface area contributed by atoms with Gasteiger partial charge in [0.1, 0.15) is 5.82 Å². The molecular weight excluding hydrogens is 364 g/mol. The predicted octanol–water partition coefficient (Wildman–Crippen LogP) is 2.00. The maximum absolute atomic E-state index is 12.7. The molecule has 0 radical (unpaired) electrons. The van der Waals surface area contributed by atoms with E-state index >= 15 is 0 Å². The fourth-order valence-corrected chi connectivity index (χ4v) is 5.11. The third-order valence-corrected chi connectivity index (χ3v) is 6.72. The highest BCUT2D eigenvalue weighted by molar-refractivity contribution is 7.89. The molecular formula is C19H24N4O3S. The number of carbonyl (C=O) groups is 1. The van der Waals surface area contributed by atoms with Gasteiger partial charge in [-0.15, -0.1) is 0 Å². The second-order valence-electron chi connectivity index (χ2n) is 7.36. The number of carbonyl (C=O) groups excluding carboxylic acids is 1. The van der Waals surface area contributed by atoms with Crippen molar-refractivity contribution < 1.29 is 13.2 Å². The number of amides is 1. The molecule has 0 aliphatic carbocycles. The number of aromatic nitrogens is 2. The molecule has 1 aromatic heterocycles. The largest absolute Gasteiger partial charge is 0.335 e. The van der Waals surface area contributed by atoms with Gasteiger partial charge in [0.25, 0.3) is 0 Å². The van der Waals surface area contributed by atoms with E-state index in [2.05, 4.69) is 14.3 Å². The molecule has 1 aromatic carbocycles. The molecule has 7 nitrogen and oxygen atoms in total. The van der Waals surface area contributed by atoms with E-state index in [1.54, 1.807) is 23.1 Å². The van der Waals surface area contributed by atoms with Crippen LogP contribution in [-0.4, -0.2) is 29.9 Å². The lowest BCUT2D eigenvalue weighted by Gasteiger charge is -2.20. The first-order valence-electron chi connectivity index (χ1n) is 9.32. The molecule has 27 heavy (non-hydrogen) atoms. The van der Waals surface area contributed by atoms with Gasteiger partial charge >= 0.3 is 0 Å². The molecule has 144 valence electrons. The first-order chi connectivity index (χ1) is 12.8. The maximum Gasteiger partial charge on any atom is 0.240 e. The minimum atomic E-state index is -3.64. The van der Waals surface area contributed by atoms with Crippen molar-refractivity contribution in [3.05, 3.63) is 41.5 Å². The smallest absolute Gasteiger partial charge is 0.240 e. The van der Waals surface area contributed by atoms with Gasteiger partial charge in [0, 0.05) is 37.8 Å². The Labute approximate surface area is 159 Å². The van der Waals surface area contributed by atoms with Crippen LogP contribution in [0.5, 0.6) is 0 Å². The normalized spacial score (nSPS) is 19.0.